The number of esters is 1. The van der Waals surface area contributed by atoms with Crippen LogP contribution in [0.4, 0.5) is 5.95 Å². The van der Waals surface area contributed by atoms with Gasteiger partial charge in [-0.1, -0.05) is 30.3 Å². The van der Waals surface area contributed by atoms with Crippen molar-refractivity contribution >= 4 is 22.8 Å². The Kier molecular flexibility index (Phi) is 5.45. The molecule has 1 heterocycles. The predicted molar refractivity (Wildman–Crippen MR) is 117 cm³/mol. The summed E-state index contributed by atoms with van der Waals surface area (Å²) in [6.45, 7) is 0.396. The number of carbonyl (C=O) groups excluding carboxylic acids is 1. The number of hydrogen-bond acceptors (Lipinski definition) is 6. The zero-order valence-electron chi connectivity index (χ0n) is 16.7. The minimum absolute atomic E-state index is 0.255. The lowest BCUT2D eigenvalue weighted by atomic mass is 10.1. The van der Waals surface area contributed by atoms with Gasteiger partial charge in [-0.25, -0.2) is 14.3 Å². The molecule has 0 aliphatic rings. The molecular formula is C24H18N4O3. The number of aromatic nitrogens is 2. The monoisotopic (exact) mass is 410 g/mol. The fraction of sp³-hybridized carbons (Fsp3) is 0.0833. The van der Waals surface area contributed by atoms with Crippen LogP contribution in [0.3, 0.4) is 0 Å². The predicted octanol–water partition coefficient (Wildman–Crippen LogP) is 3.66. The van der Waals surface area contributed by atoms with Gasteiger partial charge in [0.2, 0.25) is 5.95 Å². The van der Waals surface area contributed by atoms with Crippen molar-refractivity contribution in [2.24, 2.45) is 0 Å². The molecule has 0 aliphatic carbocycles. The molecule has 0 radical (unpaired) electrons. The number of benzene rings is 3. The van der Waals surface area contributed by atoms with Crippen LogP contribution in [0.1, 0.15) is 21.5 Å². The van der Waals surface area contributed by atoms with Gasteiger partial charge in [-0.2, -0.15) is 5.26 Å². The molecule has 3 aromatic carbocycles. The molecule has 0 spiro atoms. The fourth-order valence-corrected chi connectivity index (χ4v) is 3.26. The Bertz CT molecular complexity index is 1370. The maximum atomic E-state index is 13.3. The minimum Gasteiger partial charge on any atom is -0.465 e. The average Bonchev–Trinajstić information content (AvgIpc) is 2.82. The van der Waals surface area contributed by atoms with E-state index in [9.17, 15) is 9.59 Å². The van der Waals surface area contributed by atoms with Crippen molar-refractivity contribution in [3.05, 3.63) is 99.8 Å². The van der Waals surface area contributed by atoms with Gasteiger partial charge < -0.3 is 10.1 Å². The summed E-state index contributed by atoms with van der Waals surface area (Å²) in [5.74, 6) is -0.147. The van der Waals surface area contributed by atoms with Crippen molar-refractivity contribution < 1.29 is 9.53 Å². The molecule has 31 heavy (non-hydrogen) atoms. The van der Waals surface area contributed by atoms with Gasteiger partial charge in [-0.3, -0.25) is 4.79 Å². The lowest BCUT2D eigenvalue weighted by molar-refractivity contribution is 0.0600. The second kappa shape index (κ2) is 8.51. The van der Waals surface area contributed by atoms with Crippen molar-refractivity contribution in [2.75, 3.05) is 12.4 Å². The van der Waals surface area contributed by atoms with Gasteiger partial charge in [-0.15, -0.1) is 0 Å². The molecular weight excluding hydrogens is 392 g/mol. The number of ether oxygens (including phenoxy) is 1. The van der Waals surface area contributed by atoms with E-state index in [-0.39, 0.29) is 5.56 Å². The van der Waals surface area contributed by atoms with Crippen LogP contribution in [0.2, 0.25) is 0 Å². The number of nitrogens with one attached hydrogen (secondary N) is 1. The number of fused-ring (bicyclic) bond motifs is 1. The van der Waals surface area contributed by atoms with Crippen LogP contribution in [-0.4, -0.2) is 22.6 Å². The third kappa shape index (κ3) is 4.00. The maximum Gasteiger partial charge on any atom is 0.337 e. The highest BCUT2D eigenvalue weighted by molar-refractivity contribution is 5.90. The molecule has 4 aromatic rings. The van der Waals surface area contributed by atoms with Gasteiger partial charge in [0.25, 0.3) is 5.56 Å². The number of hydrogen-bond donors (Lipinski definition) is 1. The van der Waals surface area contributed by atoms with E-state index in [1.807, 2.05) is 18.2 Å². The summed E-state index contributed by atoms with van der Waals surface area (Å²) in [6, 6.07) is 23.0. The van der Waals surface area contributed by atoms with Gasteiger partial charge in [0.15, 0.2) is 0 Å². The highest BCUT2D eigenvalue weighted by Gasteiger charge is 2.14. The fourth-order valence-electron chi connectivity index (χ4n) is 3.26. The number of methoxy groups -OCH3 is 1. The van der Waals surface area contributed by atoms with E-state index in [0.29, 0.717) is 40.2 Å². The topological polar surface area (TPSA) is 97.0 Å². The summed E-state index contributed by atoms with van der Waals surface area (Å²) in [5, 5.41) is 12.6. The number of rotatable bonds is 5. The van der Waals surface area contributed by atoms with Gasteiger partial charge in [0, 0.05) is 6.54 Å². The molecule has 0 aliphatic heterocycles. The van der Waals surface area contributed by atoms with Gasteiger partial charge in [0.1, 0.15) is 0 Å². The Morgan fingerprint density at radius 3 is 2.61 bits per heavy atom. The molecule has 0 bridgehead atoms. The molecule has 7 nitrogen and oxygen atoms in total. The second-order valence-corrected chi connectivity index (χ2v) is 6.80. The van der Waals surface area contributed by atoms with E-state index < -0.39 is 5.97 Å². The van der Waals surface area contributed by atoms with E-state index >= 15 is 0 Å². The van der Waals surface area contributed by atoms with Crippen LogP contribution in [-0.2, 0) is 11.3 Å². The molecule has 152 valence electrons. The molecule has 1 aromatic heterocycles. The normalized spacial score (nSPS) is 10.5. The van der Waals surface area contributed by atoms with Crippen LogP contribution in [0.5, 0.6) is 0 Å². The Morgan fingerprint density at radius 2 is 1.87 bits per heavy atom. The molecule has 0 saturated heterocycles. The first kappa shape index (κ1) is 19.9. The van der Waals surface area contributed by atoms with Crippen molar-refractivity contribution in [1.82, 2.24) is 9.55 Å². The van der Waals surface area contributed by atoms with E-state index in [2.05, 4.69) is 16.4 Å². The summed E-state index contributed by atoms with van der Waals surface area (Å²) in [7, 11) is 1.31. The van der Waals surface area contributed by atoms with E-state index in [1.54, 1.807) is 54.6 Å². The van der Waals surface area contributed by atoms with Crippen molar-refractivity contribution in [3.8, 4) is 11.8 Å². The van der Waals surface area contributed by atoms with Crippen molar-refractivity contribution in [3.63, 3.8) is 0 Å². The first-order valence-corrected chi connectivity index (χ1v) is 9.54. The number of nitriles is 1. The molecule has 0 fully saturated rings. The first-order valence-electron chi connectivity index (χ1n) is 9.54. The third-order valence-electron chi connectivity index (χ3n) is 4.83. The molecule has 4 rings (SSSR count). The van der Waals surface area contributed by atoms with Crippen LogP contribution in [0.25, 0.3) is 16.6 Å². The van der Waals surface area contributed by atoms with Crippen LogP contribution in [0, 0.1) is 11.3 Å². The second-order valence-electron chi connectivity index (χ2n) is 6.80. The Hall–Kier alpha value is -4.44. The third-order valence-corrected chi connectivity index (χ3v) is 4.83. The SMILES string of the molecule is COC(=O)c1cccc(-n2c(NCc3ccc(C#N)cc3)nc3ccccc3c2=O)c1. The van der Waals surface area contributed by atoms with E-state index in [0.717, 1.165) is 5.56 Å². The molecule has 7 heteroatoms. The Morgan fingerprint density at radius 1 is 1.10 bits per heavy atom. The summed E-state index contributed by atoms with van der Waals surface area (Å²) >= 11 is 0. The van der Waals surface area contributed by atoms with Crippen LogP contribution in [0.15, 0.2) is 77.6 Å². The van der Waals surface area contributed by atoms with Crippen LogP contribution < -0.4 is 10.9 Å². The van der Waals surface area contributed by atoms with Crippen molar-refractivity contribution in [2.45, 2.75) is 6.54 Å². The lowest BCUT2D eigenvalue weighted by Crippen LogP contribution is -2.24. The largest absolute Gasteiger partial charge is 0.465 e. The standard InChI is InChI=1S/C24H18N4O3/c1-31-23(30)18-5-4-6-19(13-18)28-22(29)20-7-2-3-8-21(20)27-24(28)26-15-17-11-9-16(14-25)10-12-17/h2-13H,15H2,1H3,(H,26,27). The highest BCUT2D eigenvalue weighted by Crippen LogP contribution is 2.18. The Labute approximate surface area is 178 Å². The summed E-state index contributed by atoms with van der Waals surface area (Å²) in [6.07, 6.45) is 0. The minimum atomic E-state index is -0.490. The molecule has 0 saturated carbocycles. The maximum absolute atomic E-state index is 13.3. The van der Waals surface area contributed by atoms with Crippen molar-refractivity contribution in [1.29, 1.82) is 5.26 Å². The van der Waals surface area contributed by atoms with Gasteiger partial charge in [-0.05, 0) is 48.0 Å². The zero-order valence-corrected chi connectivity index (χ0v) is 16.7. The quantitative estimate of drug-likeness (QED) is 0.505. The molecule has 0 unspecified atom stereocenters. The summed E-state index contributed by atoms with van der Waals surface area (Å²) in [4.78, 5) is 29.9. The zero-order chi connectivity index (χ0) is 21.8. The number of carbonyl (C=O) groups is 1. The Balaban J connectivity index is 1.81. The van der Waals surface area contributed by atoms with Gasteiger partial charge >= 0.3 is 5.97 Å². The van der Waals surface area contributed by atoms with E-state index in [1.165, 1.54) is 11.7 Å². The smallest absolute Gasteiger partial charge is 0.337 e. The summed E-state index contributed by atoms with van der Waals surface area (Å²) < 4.78 is 6.24. The molecule has 0 atom stereocenters. The van der Waals surface area contributed by atoms with Crippen LogP contribution >= 0.6 is 0 Å². The van der Waals surface area contributed by atoms with Gasteiger partial charge in [0.05, 0.1) is 40.9 Å². The molecule has 1 N–H and O–H groups in total. The highest BCUT2D eigenvalue weighted by atomic mass is 16.5. The number of anilines is 1. The first-order chi connectivity index (χ1) is 15.1. The number of para-hydroxylation sites is 1. The lowest BCUT2D eigenvalue weighted by Gasteiger charge is -2.15. The number of nitrogens with zero attached hydrogens (tertiary/aromatic N) is 3. The summed E-state index contributed by atoms with van der Waals surface area (Å²) in [5.41, 5.74) is 2.64. The van der Waals surface area contributed by atoms with E-state index in [4.69, 9.17) is 10.00 Å². The average molecular weight is 410 g/mol. The molecule has 0 amide bonds.